The molecule has 1 aliphatic heterocycles. The molecule has 0 spiro atoms. The lowest BCUT2D eigenvalue weighted by Gasteiger charge is -2.30. The van der Waals surface area contributed by atoms with Crippen molar-refractivity contribution >= 4 is 17.4 Å². The fourth-order valence-electron chi connectivity index (χ4n) is 3.53. The van der Waals surface area contributed by atoms with Crippen LogP contribution < -0.4 is 15.4 Å². The average molecular weight is 385 g/mol. The molecular formula is C22H19N5O2. The van der Waals surface area contributed by atoms with Gasteiger partial charge in [0, 0.05) is 16.9 Å². The molecule has 1 atom stereocenters. The maximum Gasteiger partial charge on any atom is 0.255 e. The highest BCUT2D eigenvalue weighted by molar-refractivity contribution is 6.06. The normalized spacial score (nSPS) is 15.1. The van der Waals surface area contributed by atoms with Gasteiger partial charge in [-0.2, -0.15) is 10.4 Å². The summed E-state index contributed by atoms with van der Waals surface area (Å²) in [6.07, 6.45) is 1.50. The van der Waals surface area contributed by atoms with Crippen LogP contribution in [-0.2, 0) is 4.79 Å². The standard InChI is InChI=1S/C22H19N5O2/c1-14-19(22(28)26-16-8-4-3-5-9-16)20(17-10-6-7-11-18(17)29-2)27-21(25-14)15(12-23)13-24-27/h3-11,13,20,25H,1-2H3,(H,26,28). The molecule has 1 aromatic heterocycles. The monoisotopic (exact) mass is 385 g/mol. The maximum absolute atomic E-state index is 13.3. The van der Waals surface area contributed by atoms with Gasteiger partial charge in [0.05, 0.1) is 18.9 Å². The van der Waals surface area contributed by atoms with Crippen LogP contribution in [0.15, 0.2) is 72.1 Å². The summed E-state index contributed by atoms with van der Waals surface area (Å²) in [7, 11) is 1.59. The summed E-state index contributed by atoms with van der Waals surface area (Å²) in [6.45, 7) is 1.82. The second-order valence-corrected chi connectivity index (χ2v) is 6.59. The summed E-state index contributed by atoms with van der Waals surface area (Å²) in [6, 6.07) is 18.4. The lowest BCUT2D eigenvalue weighted by Crippen LogP contribution is -2.31. The minimum Gasteiger partial charge on any atom is -0.496 e. The summed E-state index contributed by atoms with van der Waals surface area (Å²) in [4.78, 5) is 13.3. The third-order valence-corrected chi connectivity index (χ3v) is 4.85. The van der Waals surface area contributed by atoms with Crippen LogP contribution in [0.25, 0.3) is 0 Å². The first kappa shape index (κ1) is 18.3. The van der Waals surface area contributed by atoms with Gasteiger partial charge in [-0.25, -0.2) is 4.68 Å². The highest BCUT2D eigenvalue weighted by Gasteiger charge is 2.35. The van der Waals surface area contributed by atoms with Crippen LogP contribution in [0.3, 0.4) is 0 Å². The minimum absolute atomic E-state index is 0.253. The summed E-state index contributed by atoms with van der Waals surface area (Å²) < 4.78 is 7.20. The third kappa shape index (κ3) is 3.21. The number of para-hydroxylation sites is 2. The molecule has 2 aromatic carbocycles. The number of ether oxygens (including phenoxy) is 1. The highest BCUT2D eigenvalue weighted by Crippen LogP contribution is 2.40. The Bertz CT molecular complexity index is 1140. The number of amides is 1. The van der Waals surface area contributed by atoms with E-state index in [2.05, 4.69) is 21.8 Å². The molecule has 2 heterocycles. The molecule has 0 saturated heterocycles. The summed E-state index contributed by atoms with van der Waals surface area (Å²) in [5, 5.41) is 19.9. The summed E-state index contributed by atoms with van der Waals surface area (Å²) in [5.41, 5.74) is 3.03. The minimum atomic E-state index is -0.548. The SMILES string of the molecule is COc1ccccc1C1C(C(=O)Nc2ccccc2)=C(C)Nc2c(C#N)cnn21. The van der Waals surface area contributed by atoms with Crippen LogP contribution >= 0.6 is 0 Å². The van der Waals surface area contributed by atoms with Crippen molar-refractivity contribution in [2.45, 2.75) is 13.0 Å². The van der Waals surface area contributed by atoms with E-state index < -0.39 is 6.04 Å². The van der Waals surface area contributed by atoms with Crippen molar-refractivity contribution in [2.24, 2.45) is 0 Å². The molecule has 4 rings (SSSR count). The summed E-state index contributed by atoms with van der Waals surface area (Å²) >= 11 is 0. The Labute approximate surface area is 168 Å². The van der Waals surface area contributed by atoms with Gasteiger partial charge in [0.2, 0.25) is 0 Å². The number of nitrogens with zero attached hydrogens (tertiary/aromatic N) is 3. The number of carbonyl (C=O) groups excluding carboxylic acids is 1. The Hall–Kier alpha value is -4.05. The van der Waals surface area contributed by atoms with Crippen molar-refractivity contribution in [1.29, 1.82) is 5.26 Å². The molecular weight excluding hydrogens is 366 g/mol. The third-order valence-electron chi connectivity index (χ3n) is 4.85. The second kappa shape index (κ2) is 7.52. The number of methoxy groups -OCH3 is 1. The predicted molar refractivity (Wildman–Crippen MR) is 109 cm³/mol. The molecule has 144 valence electrons. The maximum atomic E-state index is 13.3. The van der Waals surface area contributed by atoms with Crippen molar-refractivity contribution in [3.63, 3.8) is 0 Å². The Morgan fingerprint density at radius 2 is 1.93 bits per heavy atom. The van der Waals surface area contributed by atoms with Gasteiger partial charge in [-0.05, 0) is 25.1 Å². The number of aromatic nitrogens is 2. The van der Waals surface area contributed by atoms with Crippen molar-refractivity contribution in [2.75, 3.05) is 17.7 Å². The van der Waals surface area contributed by atoms with E-state index >= 15 is 0 Å². The Balaban J connectivity index is 1.86. The zero-order valence-electron chi connectivity index (χ0n) is 16.0. The van der Waals surface area contributed by atoms with Gasteiger partial charge in [0.25, 0.3) is 5.91 Å². The van der Waals surface area contributed by atoms with Crippen molar-refractivity contribution in [1.82, 2.24) is 9.78 Å². The van der Waals surface area contributed by atoms with Crippen LogP contribution in [0.1, 0.15) is 24.1 Å². The van der Waals surface area contributed by atoms with Crippen molar-refractivity contribution < 1.29 is 9.53 Å². The predicted octanol–water partition coefficient (Wildman–Crippen LogP) is 3.69. The van der Waals surface area contributed by atoms with E-state index in [1.807, 2.05) is 61.5 Å². The second-order valence-electron chi connectivity index (χ2n) is 6.59. The molecule has 7 heteroatoms. The van der Waals surface area contributed by atoms with E-state index in [-0.39, 0.29) is 5.91 Å². The molecule has 2 N–H and O–H groups in total. The number of fused-ring (bicyclic) bond motifs is 1. The van der Waals surface area contributed by atoms with E-state index in [0.717, 1.165) is 5.56 Å². The quantitative estimate of drug-likeness (QED) is 0.715. The van der Waals surface area contributed by atoms with Gasteiger partial charge >= 0.3 is 0 Å². The zero-order chi connectivity index (χ0) is 20.4. The van der Waals surface area contributed by atoms with Gasteiger partial charge in [-0.15, -0.1) is 0 Å². The highest BCUT2D eigenvalue weighted by atomic mass is 16.5. The molecule has 0 fully saturated rings. The van der Waals surface area contributed by atoms with Gasteiger partial charge in [-0.1, -0.05) is 36.4 Å². The van der Waals surface area contributed by atoms with E-state index in [1.54, 1.807) is 11.8 Å². The number of hydrogen-bond donors (Lipinski definition) is 2. The Kier molecular flexibility index (Phi) is 4.75. The molecule has 29 heavy (non-hydrogen) atoms. The molecule has 1 aliphatic rings. The molecule has 3 aromatic rings. The Morgan fingerprint density at radius 1 is 1.21 bits per heavy atom. The van der Waals surface area contributed by atoms with Crippen LogP contribution in [-0.4, -0.2) is 22.8 Å². The summed E-state index contributed by atoms with van der Waals surface area (Å²) in [5.74, 6) is 0.936. The van der Waals surface area contributed by atoms with Crippen LogP contribution in [0.2, 0.25) is 0 Å². The number of anilines is 2. The fraction of sp³-hybridized carbons (Fsp3) is 0.136. The fourth-order valence-corrected chi connectivity index (χ4v) is 3.53. The number of rotatable bonds is 4. The molecule has 1 amide bonds. The van der Waals surface area contributed by atoms with E-state index in [0.29, 0.717) is 34.1 Å². The van der Waals surface area contributed by atoms with Crippen LogP contribution in [0.5, 0.6) is 5.75 Å². The molecule has 0 radical (unpaired) electrons. The number of allylic oxidation sites excluding steroid dienone is 1. The lowest BCUT2D eigenvalue weighted by atomic mass is 9.93. The Morgan fingerprint density at radius 3 is 2.66 bits per heavy atom. The number of nitriles is 1. The zero-order valence-corrected chi connectivity index (χ0v) is 16.0. The molecule has 0 bridgehead atoms. The number of hydrogen-bond acceptors (Lipinski definition) is 5. The largest absolute Gasteiger partial charge is 0.496 e. The van der Waals surface area contributed by atoms with E-state index in [1.165, 1.54) is 6.20 Å². The van der Waals surface area contributed by atoms with Crippen LogP contribution in [0, 0.1) is 11.3 Å². The smallest absolute Gasteiger partial charge is 0.255 e. The first-order valence-electron chi connectivity index (χ1n) is 9.08. The molecule has 1 unspecified atom stereocenters. The van der Waals surface area contributed by atoms with Gasteiger partial charge in [0.1, 0.15) is 29.2 Å². The van der Waals surface area contributed by atoms with Gasteiger partial charge in [0.15, 0.2) is 0 Å². The first-order valence-corrected chi connectivity index (χ1v) is 9.08. The topological polar surface area (TPSA) is 92.0 Å². The van der Waals surface area contributed by atoms with Crippen molar-refractivity contribution in [3.8, 4) is 11.8 Å². The molecule has 0 saturated carbocycles. The lowest BCUT2D eigenvalue weighted by molar-refractivity contribution is -0.113. The number of benzene rings is 2. The molecule has 7 nitrogen and oxygen atoms in total. The van der Waals surface area contributed by atoms with Gasteiger partial charge in [-0.3, -0.25) is 4.79 Å². The van der Waals surface area contributed by atoms with Crippen LogP contribution in [0.4, 0.5) is 11.5 Å². The van der Waals surface area contributed by atoms with Gasteiger partial charge < -0.3 is 15.4 Å². The first-order chi connectivity index (χ1) is 14.1. The van der Waals surface area contributed by atoms with E-state index in [4.69, 9.17) is 4.74 Å². The van der Waals surface area contributed by atoms with Crippen molar-refractivity contribution in [3.05, 3.63) is 83.2 Å². The average Bonchev–Trinajstić information content (AvgIpc) is 3.15. The molecule has 0 aliphatic carbocycles. The van der Waals surface area contributed by atoms with E-state index in [9.17, 15) is 10.1 Å². The number of carbonyl (C=O) groups is 1. The number of nitrogens with one attached hydrogen (secondary N) is 2.